The molecule has 1 unspecified atom stereocenters. The van der Waals surface area contributed by atoms with Crippen molar-refractivity contribution in [2.75, 3.05) is 20.2 Å². The maximum atomic E-state index is 5.68. The van der Waals surface area contributed by atoms with E-state index in [4.69, 9.17) is 10.5 Å². The molecule has 1 fully saturated rings. The lowest BCUT2D eigenvalue weighted by atomic mass is 9.94. The second-order valence-corrected chi connectivity index (χ2v) is 5.93. The Labute approximate surface area is 116 Å². The van der Waals surface area contributed by atoms with Gasteiger partial charge in [-0.1, -0.05) is 18.2 Å². The van der Waals surface area contributed by atoms with Gasteiger partial charge in [0, 0.05) is 26.7 Å². The second kappa shape index (κ2) is 6.04. The van der Waals surface area contributed by atoms with Gasteiger partial charge in [-0.25, -0.2) is 0 Å². The topological polar surface area (TPSA) is 38.5 Å². The standard InChI is InChI=1S/C16H26N2O/c1-13-9-14(10-17)5-6-15(13)11-18-8-4-7-16(2,12-18)19-3/h5-6,9H,4,7-8,10-12,17H2,1-3H3. The van der Waals surface area contributed by atoms with Gasteiger partial charge in [0.2, 0.25) is 0 Å². The first kappa shape index (κ1) is 14.5. The van der Waals surface area contributed by atoms with E-state index in [-0.39, 0.29) is 5.60 Å². The molecule has 1 aliphatic heterocycles. The third kappa shape index (κ3) is 3.56. The summed E-state index contributed by atoms with van der Waals surface area (Å²) in [6, 6.07) is 6.56. The summed E-state index contributed by atoms with van der Waals surface area (Å²) < 4.78 is 5.66. The predicted octanol–water partition coefficient (Wildman–Crippen LogP) is 2.45. The summed E-state index contributed by atoms with van der Waals surface area (Å²) in [5, 5.41) is 0. The van der Waals surface area contributed by atoms with Crippen LogP contribution < -0.4 is 5.73 Å². The number of nitrogens with two attached hydrogens (primary N) is 1. The monoisotopic (exact) mass is 262 g/mol. The van der Waals surface area contributed by atoms with Gasteiger partial charge in [0.25, 0.3) is 0 Å². The Balaban J connectivity index is 2.04. The van der Waals surface area contributed by atoms with Crippen molar-refractivity contribution in [1.29, 1.82) is 0 Å². The van der Waals surface area contributed by atoms with Gasteiger partial charge in [0.05, 0.1) is 5.60 Å². The largest absolute Gasteiger partial charge is 0.377 e. The molecular weight excluding hydrogens is 236 g/mol. The van der Waals surface area contributed by atoms with Crippen molar-refractivity contribution in [3.8, 4) is 0 Å². The number of likely N-dealkylation sites (tertiary alicyclic amines) is 1. The lowest BCUT2D eigenvalue weighted by Gasteiger charge is -2.39. The van der Waals surface area contributed by atoms with Crippen LogP contribution >= 0.6 is 0 Å². The number of hydrogen-bond acceptors (Lipinski definition) is 3. The Kier molecular flexibility index (Phi) is 4.61. The van der Waals surface area contributed by atoms with E-state index in [0.717, 1.165) is 26.1 Å². The highest BCUT2D eigenvalue weighted by atomic mass is 16.5. The van der Waals surface area contributed by atoms with E-state index in [0.29, 0.717) is 6.54 Å². The van der Waals surface area contributed by atoms with E-state index < -0.39 is 0 Å². The smallest absolute Gasteiger partial charge is 0.0777 e. The summed E-state index contributed by atoms with van der Waals surface area (Å²) >= 11 is 0. The van der Waals surface area contributed by atoms with Gasteiger partial charge in [-0.2, -0.15) is 0 Å². The lowest BCUT2D eigenvalue weighted by Crippen LogP contribution is -2.46. The van der Waals surface area contributed by atoms with Gasteiger partial charge in [-0.05, 0) is 49.9 Å². The van der Waals surface area contributed by atoms with Gasteiger partial charge in [0.15, 0.2) is 0 Å². The number of benzene rings is 1. The van der Waals surface area contributed by atoms with Crippen LogP contribution in [-0.4, -0.2) is 30.7 Å². The summed E-state index contributed by atoms with van der Waals surface area (Å²) in [7, 11) is 1.82. The van der Waals surface area contributed by atoms with Gasteiger partial charge in [-0.3, -0.25) is 4.90 Å². The van der Waals surface area contributed by atoms with E-state index in [9.17, 15) is 0 Å². The molecule has 1 atom stereocenters. The van der Waals surface area contributed by atoms with Gasteiger partial charge in [0.1, 0.15) is 0 Å². The molecule has 106 valence electrons. The quantitative estimate of drug-likeness (QED) is 0.906. The molecule has 0 aliphatic carbocycles. The average molecular weight is 262 g/mol. The molecule has 0 bridgehead atoms. The van der Waals surface area contributed by atoms with Gasteiger partial charge in [-0.15, -0.1) is 0 Å². The zero-order valence-corrected chi connectivity index (χ0v) is 12.4. The van der Waals surface area contributed by atoms with E-state index in [1.165, 1.54) is 23.1 Å². The molecule has 0 amide bonds. The highest BCUT2D eigenvalue weighted by Gasteiger charge is 2.30. The molecular formula is C16H26N2O. The van der Waals surface area contributed by atoms with Crippen molar-refractivity contribution in [2.45, 2.75) is 45.4 Å². The van der Waals surface area contributed by atoms with Gasteiger partial charge >= 0.3 is 0 Å². The Morgan fingerprint density at radius 1 is 1.42 bits per heavy atom. The van der Waals surface area contributed by atoms with Crippen molar-refractivity contribution in [1.82, 2.24) is 4.90 Å². The van der Waals surface area contributed by atoms with Crippen LogP contribution in [0.15, 0.2) is 18.2 Å². The fourth-order valence-corrected chi connectivity index (χ4v) is 2.91. The molecule has 1 aromatic carbocycles. The summed E-state index contributed by atoms with van der Waals surface area (Å²) in [6.07, 6.45) is 2.37. The fourth-order valence-electron chi connectivity index (χ4n) is 2.91. The van der Waals surface area contributed by atoms with Crippen molar-refractivity contribution in [3.05, 3.63) is 34.9 Å². The van der Waals surface area contributed by atoms with Crippen LogP contribution in [0, 0.1) is 6.92 Å². The third-order valence-electron chi connectivity index (χ3n) is 4.27. The Bertz CT molecular complexity index is 433. The number of hydrogen-bond donors (Lipinski definition) is 1. The van der Waals surface area contributed by atoms with Crippen LogP contribution in [-0.2, 0) is 17.8 Å². The van der Waals surface area contributed by atoms with Crippen molar-refractivity contribution in [2.24, 2.45) is 5.73 Å². The molecule has 1 aliphatic rings. The number of ether oxygens (including phenoxy) is 1. The van der Waals surface area contributed by atoms with Crippen LogP contribution in [0.2, 0.25) is 0 Å². The van der Waals surface area contributed by atoms with Crippen molar-refractivity contribution < 1.29 is 4.74 Å². The minimum Gasteiger partial charge on any atom is -0.377 e. The van der Waals surface area contributed by atoms with E-state index in [2.05, 4.69) is 36.9 Å². The molecule has 0 aromatic heterocycles. The maximum Gasteiger partial charge on any atom is 0.0777 e. The van der Waals surface area contributed by atoms with Crippen LogP contribution in [0.4, 0.5) is 0 Å². The normalized spacial score (nSPS) is 24.6. The number of nitrogens with zero attached hydrogens (tertiary/aromatic N) is 1. The molecule has 1 saturated heterocycles. The summed E-state index contributed by atoms with van der Waals surface area (Å²) in [4.78, 5) is 2.50. The minimum absolute atomic E-state index is 0.0172. The zero-order valence-electron chi connectivity index (χ0n) is 12.4. The van der Waals surface area contributed by atoms with Crippen LogP contribution in [0.25, 0.3) is 0 Å². The van der Waals surface area contributed by atoms with E-state index in [1.807, 2.05) is 7.11 Å². The van der Waals surface area contributed by atoms with Gasteiger partial charge < -0.3 is 10.5 Å². The Hall–Kier alpha value is -0.900. The highest BCUT2D eigenvalue weighted by molar-refractivity contribution is 5.31. The molecule has 3 heteroatoms. The number of piperidine rings is 1. The first-order chi connectivity index (χ1) is 9.06. The Morgan fingerprint density at radius 3 is 2.84 bits per heavy atom. The molecule has 0 spiro atoms. The summed E-state index contributed by atoms with van der Waals surface area (Å²) in [5.74, 6) is 0. The molecule has 2 N–H and O–H groups in total. The predicted molar refractivity (Wildman–Crippen MR) is 79.0 cm³/mol. The first-order valence-corrected chi connectivity index (χ1v) is 7.12. The molecule has 1 heterocycles. The first-order valence-electron chi connectivity index (χ1n) is 7.12. The summed E-state index contributed by atoms with van der Waals surface area (Å²) in [5.41, 5.74) is 9.65. The SMILES string of the molecule is COC1(C)CCCN(Cc2ccc(CN)cc2C)C1. The third-order valence-corrected chi connectivity index (χ3v) is 4.27. The van der Waals surface area contributed by atoms with Crippen LogP contribution in [0.1, 0.15) is 36.5 Å². The van der Waals surface area contributed by atoms with E-state index >= 15 is 0 Å². The minimum atomic E-state index is 0.0172. The molecule has 0 radical (unpaired) electrons. The van der Waals surface area contributed by atoms with Crippen LogP contribution in [0.3, 0.4) is 0 Å². The lowest BCUT2D eigenvalue weighted by molar-refractivity contribution is -0.0527. The molecule has 1 aromatic rings. The number of methoxy groups -OCH3 is 1. The Morgan fingerprint density at radius 2 is 2.21 bits per heavy atom. The maximum absolute atomic E-state index is 5.68. The highest BCUT2D eigenvalue weighted by Crippen LogP contribution is 2.25. The number of aryl methyl sites for hydroxylation is 1. The van der Waals surface area contributed by atoms with Crippen molar-refractivity contribution in [3.63, 3.8) is 0 Å². The number of rotatable bonds is 4. The van der Waals surface area contributed by atoms with Crippen LogP contribution in [0.5, 0.6) is 0 Å². The second-order valence-electron chi connectivity index (χ2n) is 5.93. The van der Waals surface area contributed by atoms with Crippen molar-refractivity contribution >= 4 is 0 Å². The fraction of sp³-hybridized carbons (Fsp3) is 0.625. The molecule has 2 rings (SSSR count). The zero-order chi connectivity index (χ0) is 13.9. The average Bonchev–Trinajstić information content (AvgIpc) is 2.41. The molecule has 0 saturated carbocycles. The molecule has 3 nitrogen and oxygen atoms in total. The van der Waals surface area contributed by atoms with E-state index in [1.54, 1.807) is 0 Å². The summed E-state index contributed by atoms with van der Waals surface area (Å²) in [6.45, 7) is 8.19. The molecule has 19 heavy (non-hydrogen) atoms.